The summed E-state index contributed by atoms with van der Waals surface area (Å²) in [6.07, 6.45) is 24.9. The quantitative estimate of drug-likeness (QED) is 0.169. The Morgan fingerprint density at radius 3 is 1.43 bits per heavy atom. The van der Waals surface area contributed by atoms with E-state index < -0.39 is 5.97 Å². The van der Waals surface area contributed by atoms with Crippen LogP contribution in [0.5, 0.6) is 0 Å². The summed E-state index contributed by atoms with van der Waals surface area (Å²) in [5.74, 6) is -0.941. The van der Waals surface area contributed by atoms with Gasteiger partial charge in [-0.05, 0) is 51.4 Å². The SMILES string of the molecule is CCCC/C=C/CCC(CCC)N(CC(=O)[O-])C(CCC)CC/C=C/CCCC.[Na+]. The molecule has 0 aromatic heterocycles. The van der Waals surface area contributed by atoms with Gasteiger partial charge < -0.3 is 9.90 Å². The molecule has 170 valence electrons. The van der Waals surface area contributed by atoms with Crippen LogP contribution < -0.4 is 34.7 Å². The Hall–Kier alpha value is -0.0900. The zero-order valence-electron chi connectivity index (χ0n) is 20.8. The predicted octanol–water partition coefficient (Wildman–Crippen LogP) is 3.43. The maximum absolute atomic E-state index is 11.5. The summed E-state index contributed by atoms with van der Waals surface area (Å²) >= 11 is 0. The topological polar surface area (TPSA) is 43.4 Å². The van der Waals surface area contributed by atoms with Crippen LogP contribution in [0.15, 0.2) is 24.3 Å². The first kappa shape index (κ1) is 32.1. The van der Waals surface area contributed by atoms with E-state index in [0.717, 1.165) is 64.2 Å². The van der Waals surface area contributed by atoms with E-state index in [-0.39, 0.29) is 36.1 Å². The summed E-state index contributed by atoms with van der Waals surface area (Å²) in [7, 11) is 0. The monoisotopic (exact) mass is 429 g/mol. The van der Waals surface area contributed by atoms with Crippen molar-refractivity contribution in [2.24, 2.45) is 0 Å². The Kier molecular flexibility index (Phi) is 25.2. The zero-order chi connectivity index (χ0) is 21.7. The minimum Gasteiger partial charge on any atom is -0.549 e. The Labute approximate surface area is 210 Å². The Bertz CT molecular complexity index is 405. The molecule has 0 heterocycles. The second-order valence-corrected chi connectivity index (χ2v) is 8.31. The normalized spacial score (nSPS) is 13.8. The van der Waals surface area contributed by atoms with E-state index in [1.165, 1.54) is 25.7 Å². The molecule has 0 aromatic rings. The number of hydrogen-bond donors (Lipinski definition) is 0. The maximum Gasteiger partial charge on any atom is 1.00 e. The molecule has 0 saturated carbocycles. The van der Waals surface area contributed by atoms with E-state index in [9.17, 15) is 9.90 Å². The second-order valence-electron chi connectivity index (χ2n) is 8.31. The number of hydrogen-bond acceptors (Lipinski definition) is 3. The number of nitrogens with zero attached hydrogens (tertiary/aromatic N) is 1. The minimum atomic E-state index is -0.941. The summed E-state index contributed by atoms with van der Waals surface area (Å²) < 4.78 is 0. The third-order valence-corrected chi connectivity index (χ3v) is 5.61. The van der Waals surface area contributed by atoms with Crippen LogP contribution in [0.2, 0.25) is 0 Å². The molecule has 0 N–H and O–H groups in total. The third-order valence-electron chi connectivity index (χ3n) is 5.61. The summed E-state index contributed by atoms with van der Waals surface area (Å²) in [6, 6.07) is 0.656. The maximum atomic E-state index is 11.5. The molecular weight excluding hydrogens is 381 g/mol. The summed E-state index contributed by atoms with van der Waals surface area (Å²) in [4.78, 5) is 13.8. The molecule has 0 spiro atoms. The number of carbonyl (C=O) groups excluding carboxylic acids is 1. The molecule has 0 saturated heterocycles. The molecule has 4 heteroatoms. The van der Waals surface area contributed by atoms with Gasteiger partial charge in [0.2, 0.25) is 0 Å². The van der Waals surface area contributed by atoms with Gasteiger partial charge in [0.15, 0.2) is 0 Å². The smallest absolute Gasteiger partial charge is 0.549 e. The first-order valence-corrected chi connectivity index (χ1v) is 12.4. The largest absolute Gasteiger partial charge is 1.00 e. The number of carboxylic acids is 1. The van der Waals surface area contributed by atoms with Crippen molar-refractivity contribution in [3.05, 3.63) is 24.3 Å². The number of carbonyl (C=O) groups is 1. The number of rotatable bonds is 20. The number of carboxylic acid groups (broad SMARTS) is 1. The zero-order valence-corrected chi connectivity index (χ0v) is 22.8. The summed E-state index contributed by atoms with van der Waals surface area (Å²) in [5, 5.41) is 11.5. The van der Waals surface area contributed by atoms with Crippen LogP contribution in [0.1, 0.15) is 118 Å². The van der Waals surface area contributed by atoms with Crippen LogP contribution in [0.3, 0.4) is 0 Å². The van der Waals surface area contributed by atoms with Gasteiger partial charge >= 0.3 is 29.6 Å². The first-order chi connectivity index (χ1) is 14.1. The van der Waals surface area contributed by atoms with Gasteiger partial charge in [0.25, 0.3) is 0 Å². The fourth-order valence-corrected chi connectivity index (χ4v) is 4.02. The van der Waals surface area contributed by atoms with E-state index in [1.807, 2.05) is 0 Å². The van der Waals surface area contributed by atoms with Crippen molar-refractivity contribution in [3.8, 4) is 0 Å². The third kappa shape index (κ3) is 17.6. The van der Waals surface area contributed by atoms with Gasteiger partial charge in [-0.1, -0.05) is 90.5 Å². The molecular formula is C26H48NNaO2. The van der Waals surface area contributed by atoms with E-state index >= 15 is 0 Å². The van der Waals surface area contributed by atoms with E-state index in [0.29, 0.717) is 12.1 Å². The molecule has 0 bridgehead atoms. The van der Waals surface area contributed by atoms with Gasteiger partial charge in [-0.15, -0.1) is 0 Å². The van der Waals surface area contributed by atoms with E-state index in [4.69, 9.17) is 0 Å². The van der Waals surface area contributed by atoms with E-state index in [2.05, 4.69) is 56.9 Å². The number of allylic oxidation sites excluding steroid dienone is 4. The van der Waals surface area contributed by atoms with Gasteiger partial charge in [0.1, 0.15) is 0 Å². The Morgan fingerprint density at radius 2 is 1.10 bits per heavy atom. The van der Waals surface area contributed by atoms with Gasteiger partial charge in [-0.2, -0.15) is 0 Å². The van der Waals surface area contributed by atoms with Gasteiger partial charge in [0.05, 0.1) is 5.97 Å². The first-order valence-electron chi connectivity index (χ1n) is 12.4. The molecule has 0 amide bonds. The van der Waals surface area contributed by atoms with Crippen molar-refractivity contribution in [1.82, 2.24) is 4.90 Å². The molecule has 2 unspecified atom stereocenters. The Balaban J connectivity index is 0. The van der Waals surface area contributed by atoms with Crippen molar-refractivity contribution >= 4 is 5.97 Å². The molecule has 0 aromatic carbocycles. The molecule has 0 aliphatic carbocycles. The Morgan fingerprint density at radius 1 is 0.700 bits per heavy atom. The molecule has 0 radical (unpaired) electrons. The molecule has 0 aliphatic rings. The van der Waals surface area contributed by atoms with Crippen molar-refractivity contribution in [3.63, 3.8) is 0 Å². The fraction of sp³-hybridized carbons (Fsp3) is 0.808. The van der Waals surface area contributed by atoms with Crippen LogP contribution in [-0.2, 0) is 4.79 Å². The van der Waals surface area contributed by atoms with Gasteiger partial charge in [-0.25, -0.2) is 0 Å². The predicted molar refractivity (Wildman–Crippen MR) is 125 cm³/mol. The van der Waals surface area contributed by atoms with Crippen LogP contribution in [0, 0.1) is 0 Å². The van der Waals surface area contributed by atoms with Crippen LogP contribution in [-0.4, -0.2) is 29.5 Å². The summed E-state index contributed by atoms with van der Waals surface area (Å²) in [5.41, 5.74) is 0. The summed E-state index contributed by atoms with van der Waals surface area (Å²) in [6.45, 7) is 8.90. The van der Waals surface area contributed by atoms with Gasteiger partial charge in [0, 0.05) is 18.6 Å². The van der Waals surface area contributed by atoms with Crippen LogP contribution >= 0.6 is 0 Å². The average Bonchev–Trinajstić information content (AvgIpc) is 2.69. The molecule has 30 heavy (non-hydrogen) atoms. The number of unbranched alkanes of at least 4 members (excludes halogenated alkanes) is 4. The molecule has 0 fully saturated rings. The second kappa shape index (κ2) is 23.6. The van der Waals surface area contributed by atoms with E-state index in [1.54, 1.807) is 0 Å². The molecule has 3 nitrogen and oxygen atoms in total. The van der Waals surface area contributed by atoms with Crippen molar-refractivity contribution in [1.29, 1.82) is 0 Å². The van der Waals surface area contributed by atoms with Crippen molar-refractivity contribution in [2.45, 2.75) is 130 Å². The minimum absolute atomic E-state index is 0. The average molecular weight is 430 g/mol. The standard InChI is InChI=1S/C26H49NO2.Na/c1-5-9-11-13-15-17-21-24(19-7-3)27(23-26(28)29)25(20-8-4)22-18-16-14-12-10-6-2;/h13-16,24-25H,5-12,17-23H2,1-4H3,(H,28,29);/q;+1/p-1/b15-13+,16-14+;. The van der Waals surface area contributed by atoms with Crippen molar-refractivity contribution in [2.75, 3.05) is 6.54 Å². The molecule has 2 atom stereocenters. The number of aliphatic carboxylic acids is 1. The van der Waals surface area contributed by atoms with Gasteiger partial charge in [-0.3, -0.25) is 4.90 Å². The molecule has 0 aliphatic heterocycles. The fourth-order valence-electron chi connectivity index (χ4n) is 4.02. The van der Waals surface area contributed by atoms with Crippen LogP contribution in [0.25, 0.3) is 0 Å². The van der Waals surface area contributed by atoms with Crippen LogP contribution in [0.4, 0.5) is 0 Å². The molecule has 0 rings (SSSR count). The van der Waals surface area contributed by atoms with Crippen molar-refractivity contribution < 1.29 is 39.5 Å².